The van der Waals surface area contributed by atoms with Crippen LogP contribution in [0, 0.1) is 0 Å². The summed E-state index contributed by atoms with van der Waals surface area (Å²) in [6, 6.07) is 0. The second kappa shape index (κ2) is 7.79. The van der Waals surface area contributed by atoms with Crippen molar-refractivity contribution < 1.29 is 28.8 Å². The fraction of sp³-hybridized carbons (Fsp3) is 1.00. The molecule has 2 fully saturated rings. The molecule has 2 aliphatic rings. The van der Waals surface area contributed by atoms with Crippen molar-refractivity contribution in [2.45, 2.75) is 109 Å². The molecule has 1 N–H and O–H groups in total. The Hall–Kier alpha value is -0.240. The normalized spacial score (nSPS) is 42.7. The van der Waals surface area contributed by atoms with Crippen LogP contribution in [-0.2, 0) is 23.7 Å². The zero-order chi connectivity index (χ0) is 18.9. The Bertz CT molecular complexity index is 442. The van der Waals surface area contributed by atoms with Crippen molar-refractivity contribution in [2.75, 3.05) is 13.2 Å². The van der Waals surface area contributed by atoms with Crippen molar-refractivity contribution in [1.82, 2.24) is 0 Å². The lowest BCUT2D eigenvalue weighted by Gasteiger charge is -2.47. The molecule has 0 aromatic rings. The molecule has 0 bridgehead atoms. The van der Waals surface area contributed by atoms with E-state index in [2.05, 4.69) is 6.92 Å². The van der Waals surface area contributed by atoms with Crippen LogP contribution >= 0.6 is 0 Å². The molecule has 148 valence electrons. The van der Waals surface area contributed by atoms with Gasteiger partial charge in [0.15, 0.2) is 11.6 Å². The monoisotopic (exact) mass is 360 g/mol. The van der Waals surface area contributed by atoms with Crippen LogP contribution in [0.1, 0.15) is 67.7 Å². The average molecular weight is 360 g/mol. The van der Waals surface area contributed by atoms with Gasteiger partial charge in [0.05, 0.1) is 18.8 Å². The fourth-order valence-electron chi connectivity index (χ4n) is 2.99. The van der Waals surface area contributed by atoms with Crippen molar-refractivity contribution in [2.24, 2.45) is 0 Å². The maximum absolute atomic E-state index is 10.9. The molecule has 6 nitrogen and oxygen atoms in total. The Kier molecular flexibility index (Phi) is 6.56. The standard InChI is InChI=1S/C19H36O6/c1-8-17(4,5)21-11-13-15(20)16(25-19(7,10-3)23-13)14-12-22-18(6,9-2)24-14/h13-16,20H,8-12H2,1-7H3. The molecule has 2 saturated heterocycles. The van der Waals surface area contributed by atoms with E-state index >= 15 is 0 Å². The first kappa shape index (κ1) is 21.1. The van der Waals surface area contributed by atoms with Gasteiger partial charge in [0, 0.05) is 0 Å². The molecule has 2 heterocycles. The Balaban J connectivity index is 2.11. The lowest BCUT2D eigenvalue weighted by atomic mass is 9.99. The van der Waals surface area contributed by atoms with Crippen LogP contribution in [-0.4, -0.2) is 59.9 Å². The summed E-state index contributed by atoms with van der Waals surface area (Å²) >= 11 is 0. The number of hydrogen-bond acceptors (Lipinski definition) is 6. The van der Waals surface area contributed by atoms with Crippen LogP contribution in [0.15, 0.2) is 0 Å². The van der Waals surface area contributed by atoms with Crippen LogP contribution in [0.25, 0.3) is 0 Å². The summed E-state index contributed by atoms with van der Waals surface area (Å²) in [7, 11) is 0. The van der Waals surface area contributed by atoms with Gasteiger partial charge < -0.3 is 28.8 Å². The Labute approximate surface area is 152 Å². The molecule has 0 spiro atoms. The van der Waals surface area contributed by atoms with Gasteiger partial charge in [-0.15, -0.1) is 0 Å². The first-order valence-corrected chi connectivity index (χ1v) is 9.56. The molecule has 6 atom stereocenters. The molecule has 25 heavy (non-hydrogen) atoms. The van der Waals surface area contributed by atoms with E-state index < -0.39 is 29.9 Å². The van der Waals surface area contributed by atoms with Crippen molar-refractivity contribution in [1.29, 1.82) is 0 Å². The Morgan fingerprint density at radius 1 is 1.04 bits per heavy atom. The van der Waals surface area contributed by atoms with E-state index in [1.54, 1.807) is 0 Å². The molecule has 0 saturated carbocycles. The van der Waals surface area contributed by atoms with E-state index in [0.717, 1.165) is 12.8 Å². The quantitative estimate of drug-likeness (QED) is 0.753. The van der Waals surface area contributed by atoms with Crippen molar-refractivity contribution in [3.05, 3.63) is 0 Å². The summed E-state index contributed by atoms with van der Waals surface area (Å²) in [4.78, 5) is 0. The third kappa shape index (κ3) is 4.93. The number of aliphatic hydroxyl groups is 1. The van der Waals surface area contributed by atoms with E-state index in [4.69, 9.17) is 23.7 Å². The van der Waals surface area contributed by atoms with Crippen LogP contribution in [0.5, 0.6) is 0 Å². The van der Waals surface area contributed by atoms with Crippen molar-refractivity contribution >= 4 is 0 Å². The first-order valence-electron chi connectivity index (χ1n) is 9.56. The molecule has 0 amide bonds. The van der Waals surface area contributed by atoms with E-state index in [1.807, 2.05) is 41.5 Å². The zero-order valence-electron chi connectivity index (χ0n) is 16.8. The number of rotatable bonds is 7. The van der Waals surface area contributed by atoms with Gasteiger partial charge in [0.25, 0.3) is 0 Å². The smallest absolute Gasteiger partial charge is 0.166 e. The lowest BCUT2D eigenvalue weighted by molar-refractivity contribution is -0.361. The minimum atomic E-state index is -0.833. The molecule has 0 radical (unpaired) electrons. The minimum absolute atomic E-state index is 0.257. The van der Waals surface area contributed by atoms with Crippen molar-refractivity contribution in [3.63, 3.8) is 0 Å². The van der Waals surface area contributed by atoms with Gasteiger partial charge in [-0.2, -0.15) is 0 Å². The van der Waals surface area contributed by atoms with Crippen LogP contribution in [0.2, 0.25) is 0 Å². The predicted octanol–water partition coefficient (Wildman–Crippen LogP) is 3.00. The third-order valence-corrected chi connectivity index (χ3v) is 5.60. The van der Waals surface area contributed by atoms with Gasteiger partial charge in [-0.25, -0.2) is 0 Å². The van der Waals surface area contributed by atoms with Crippen LogP contribution in [0.3, 0.4) is 0 Å². The topological polar surface area (TPSA) is 66.4 Å². The van der Waals surface area contributed by atoms with Crippen LogP contribution < -0.4 is 0 Å². The van der Waals surface area contributed by atoms with Gasteiger partial charge in [0.2, 0.25) is 0 Å². The summed E-state index contributed by atoms with van der Waals surface area (Å²) in [5.74, 6) is -1.40. The maximum Gasteiger partial charge on any atom is 0.166 e. The number of aliphatic hydroxyl groups excluding tert-OH is 1. The largest absolute Gasteiger partial charge is 0.387 e. The summed E-state index contributed by atoms with van der Waals surface area (Å²) in [5.41, 5.74) is -0.257. The number of hydrogen-bond donors (Lipinski definition) is 1. The van der Waals surface area contributed by atoms with Gasteiger partial charge in [0.1, 0.15) is 24.4 Å². The van der Waals surface area contributed by atoms with Crippen molar-refractivity contribution in [3.8, 4) is 0 Å². The van der Waals surface area contributed by atoms with Crippen LogP contribution in [0.4, 0.5) is 0 Å². The Morgan fingerprint density at radius 2 is 1.68 bits per heavy atom. The number of ether oxygens (including phenoxy) is 5. The molecule has 6 heteroatoms. The SMILES string of the molecule is CCC(C)(C)OCC1OC(C)(CC)OC(C2COC(C)(CC)O2)C1O. The van der Waals surface area contributed by atoms with Gasteiger partial charge in [-0.3, -0.25) is 0 Å². The van der Waals surface area contributed by atoms with E-state index in [9.17, 15) is 5.11 Å². The van der Waals surface area contributed by atoms with E-state index in [0.29, 0.717) is 19.6 Å². The summed E-state index contributed by atoms with van der Waals surface area (Å²) in [5, 5.41) is 10.9. The highest BCUT2D eigenvalue weighted by atomic mass is 16.8. The second-order valence-electron chi connectivity index (χ2n) is 8.10. The highest BCUT2D eigenvalue weighted by Crippen LogP contribution is 2.37. The Morgan fingerprint density at radius 3 is 2.20 bits per heavy atom. The lowest BCUT2D eigenvalue weighted by Crippen LogP contribution is -2.61. The van der Waals surface area contributed by atoms with Gasteiger partial charge in [-0.05, 0) is 47.0 Å². The molecule has 0 aliphatic carbocycles. The summed E-state index contributed by atoms with van der Waals surface area (Å²) in [6.45, 7) is 14.7. The molecular weight excluding hydrogens is 324 g/mol. The van der Waals surface area contributed by atoms with Gasteiger partial charge in [-0.1, -0.05) is 20.8 Å². The molecular formula is C19H36O6. The highest BCUT2D eigenvalue weighted by molar-refractivity contribution is 4.93. The fourth-order valence-corrected chi connectivity index (χ4v) is 2.99. The summed E-state index contributed by atoms with van der Waals surface area (Å²) < 4.78 is 30.0. The highest BCUT2D eigenvalue weighted by Gasteiger charge is 2.51. The zero-order valence-corrected chi connectivity index (χ0v) is 16.8. The predicted molar refractivity (Wildman–Crippen MR) is 94.3 cm³/mol. The molecule has 0 aromatic heterocycles. The van der Waals surface area contributed by atoms with E-state index in [-0.39, 0.29) is 11.7 Å². The summed E-state index contributed by atoms with van der Waals surface area (Å²) in [6.07, 6.45) is 0.163. The third-order valence-electron chi connectivity index (χ3n) is 5.60. The first-order chi connectivity index (χ1) is 11.6. The molecule has 2 aliphatic heterocycles. The molecule has 6 unspecified atom stereocenters. The average Bonchev–Trinajstić information content (AvgIpc) is 2.98. The minimum Gasteiger partial charge on any atom is -0.387 e. The maximum atomic E-state index is 10.9. The molecule has 0 aromatic carbocycles. The van der Waals surface area contributed by atoms with E-state index in [1.165, 1.54) is 0 Å². The second-order valence-corrected chi connectivity index (χ2v) is 8.10. The van der Waals surface area contributed by atoms with Gasteiger partial charge >= 0.3 is 0 Å². The molecule has 2 rings (SSSR count).